The Labute approximate surface area is 111 Å². The molecule has 5 nitrogen and oxygen atoms in total. The summed E-state index contributed by atoms with van der Waals surface area (Å²) in [4.78, 5) is 3.23. The molecule has 2 aromatic heterocycles. The molecule has 0 bridgehead atoms. The Hall–Kier alpha value is -2.14. The maximum absolute atomic E-state index is 3.94. The van der Waals surface area contributed by atoms with Crippen molar-refractivity contribution in [2.45, 2.75) is 19.5 Å². The molecule has 0 amide bonds. The molecular formula is C14H17N5. The highest BCUT2D eigenvalue weighted by molar-refractivity contribution is 5.82. The first-order valence-corrected chi connectivity index (χ1v) is 6.53. The SMILES string of the molecule is c1cc(CNCCCn2ccnn2)c2cc[nH]c2c1. The summed E-state index contributed by atoms with van der Waals surface area (Å²) in [6.07, 6.45) is 6.63. The molecule has 0 saturated heterocycles. The van der Waals surface area contributed by atoms with Crippen LogP contribution in [0.5, 0.6) is 0 Å². The smallest absolute Gasteiger partial charge is 0.0692 e. The fraction of sp³-hybridized carbons (Fsp3) is 0.286. The molecule has 2 N–H and O–H groups in total. The van der Waals surface area contributed by atoms with E-state index >= 15 is 0 Å². The van der Waals surface area contributed by atoms with Gasteiger partial charge in [-0.1, -0.05) is 17.3 Å². The summed E-state index contributed by atoms with van der Waals surface area (Å²) in [6, 6.07) is 8.48. The van der Waals surface area contributed by atoms with Crippen LogP contribution < -0.4 is 5.32 Å². The molecule has 0 atom stereocenters. The minimum absolute atomic E-state index is 0.895. The van der Waals surface area contributed by atoms with Crippen molar-refractivity contribution in [2.75, 3.05) is 6.54 Å². The van der Waals surface area contributed by atoms with E-state index in [4.69, 9.17) is 0 Å². The van der Waals surface area contributed by atoms with Gasteiger partial charge in [0.05, 0.1) is 6.20 Å². The Morgan fingerprint density at radius 3 is 3.16 bits per heavy atom. The fourth-order valence-electron chi connectivity index (χ4n) is 2.25. The quantitative estimate of drug-likeness (QED) is 0.662. The van der Waals surface area contributed by atoms with Crippen LogP contribution in [0.4, 0.5) is 0 Å². The van der Waals surface area contributed by atoms with Crippen molar-refractivity contribution in [3.63, 3.8) is 0 Å². The Morgan fingerprint density at radius 1 is 1.26 bits per heavy atom. The van der Waals surface area contributed by atoms with Gasteiger partial charge in [0.2, 0.25) is 0 Å². The van der Waals surface area contributed by atoms with Crippen molar-refractivity contribution in [1.29, 1.82) is 0 Å². The zero-order valence-corrected chi connectivity index (χ0v) is 10.7. The van der Waals surface area contributed by atoms with Crippen LogP contribution >= 0.6 is 0 Å². The number of H-pyrrole nitrogens is 1. The Bertz CT molecular complexity index is 626. The average molecular weight is 255 g/mol. The van der Waals surface area contributed by atoms with Gasteiger partial charge in [-0.25, -0.2) is 0 Å². The maximum Gasteiger partial charge on any atom is 0.0692 e. The number of nitrogens with zero attached hydrogens (tertiary/aromatic N) is 3. The van der Waals surface area contributed by atoms with E-state index in [1.807, 2.05) is 17.1 Å². The second-order valence-corrected chi connectivity index (χ2v) is 4.55. The molecule has 0 fully saturated rings. The maximum atomic E-state index is 3.94. The van der Waals surface area contributed by atoms with Gasteiger partial charge in [0.25, 0.3) is 0 Å². The molecule has 0 spiro atoms. The lowest BCUT2D eigenvalue weighted by Gasteiger charge is -2.06. The largest absolute Gasteiger partial charge is 0.361 e. The summed E-state index contributed by atoms with van der Waals surface area (Å²) in [5.41, 5.74) is 2.53. The summed E-state index contributed by atoms with van der Waals surface area (Å²) < 4.78 is 1.86. The minimum atomic E-state index is 0.895. The zero-order valence-electron chi connectivity index (χ0n) is 10.7. The van der Waals surface area contributed by atoms with Crippen LogP contribution in [0.25, 0.3) is 10.9 Å². The lowest BCUT2D eigenvalue weighted by atomic mass is 10.1. The van der Waals surface area contributed by atoms with Crippen LogP contribution in [0.3, 0.4) is 0 Å². The molecule has 0 aliphatic carbocycles. The summed E-state index contributed by atoms with van der Waals surface area (Å²) in [5, 5.41) is 12.5. The lowest BCUT2D eigenvalue weighted by molar-refractivity contribution is 0.530. The normalized spacial score (nSPS) is 11.2. The predicted octanol–water partition coefficient (Wildman–Crippen LogP) is 1.94. The van der Waals surface area contributed by atoms with Crippen molar-refractivity contribution < 1.29 is 0 Å². The highest BCUT2D eigenvalue weighted by Gasteiger charge is 2.00. The minimum Gasteiger partial charge on any atom is -0.361 e. The summed E-state index contributed by atoms with van der Waals surface area (Å²) in [6.45, 7) is 2.77. The molecule has 0 aliphatic rings. The molecule has 98 valence electrons. The number of hydrogen-bond acceptors (Lipinski definition) is 3. The highest BCUT2D eigenvalue weighted by atomic mass is 15.4. The summed E-state index contributed by atoms with van der Waals surface area (Å²) >= 11 is 0. The molecule has 0 radical (unpaired) electrons. The number of hydrogen-bond donors (Lipinski definition) is 2. The van der Waals surface area contributed by atoms with E-state index in [2.05, 4.69) is 44.9 Å². The number of benzene rings is 1. The van der Waals surface area contributed by atoms with E-state index in [1.165, 1.54) is 16.5 Å². The van der Waals surface area contributed by atoms with Crippen molar-refractivity contribution in [1.82, 2.24) is 25.3 Å². The molecule has 1 aromatic carbocycles. The molecule has 3 aromatic rings. The standard InChI is InChI=1S/C14H17N5/c1-3-12(13-5-7-16-14(13)4-1)11-15-6-2-9-19-10-8-17-18-19/h1,3-5,7-8,10,15-16H,2,6,9,11H2. The van der Waals surface area contributed by atoms with E-state index in [0.717, 1.165) is 26.1 Å². The van der Waals surface area contributed by atoms with Gasteiger partial charge >= 0.3 is 0 Å². The second-order valence-electron chi connectivity index (χ2n) is 4.55. The third kappa shape index (κ3) is 2.82. The first-order valence-electron chi connectivity index (χ1n) is 6.53. The van der Waals surface area contributed by atoms with Crippen molar-refractivity contribution >= 4 is 10.9 Å². The van der Waals surface area contributed by atoms with Crippen molar-refractivity contribution in [2.24, 2.45) is 0 Å². The number of fused-ring (bicyclic) bond motifs is 1. The molecule has 5 heteroatoms. The molecule has 3 rings (SSSR count). The molecule has 2 heterocycles. The predicted molar refractivity (Wildman–Crippen MR) is 74.6 cm³/mol. The molecule has 19 heavy (non-hydrogen) atoms. The van der Waals surface area contributed by atoms with E-state index < -0.39 is 0 Å². The molecule has 0 aliphatic heterocycles. The van der Waals surface area contributed by atoms with Crippen molar-refractivity contribution in [3.8, 4) is 0 Å². The van der Waals surface area contributed by atoms with Crippen LogP contribution in [0, 0.1) is 0 Å². The zero-order chi connectivity index (χ0) is 12.9. The molecule has 0 unspecified atom stereocenters. The fourth-order valence-corrected chi connectivity index (χ4v) is 2.25. The molecular weight excluding hydrogens is 238 g/mol. The van der Waals surface area contributed by atoms with Gasteiger partial charge in [-0.2, -0.15) is 0 Å². The third-order valence-electron chi connectivity index (χ3n) is 3.21. The first-order chi connectivity index (χ1) is 9.43. The summed E-state index contributed by atoms with van der Waals surface area (Å²) in [7, 11) is 0. The van der Waals surface area contributed by atoms with Crippen LogP contribution in [0.1, 0.15) is 12.0 Å². The van der Waals surface area contributed by atoms with E-state index in [-0.39, 0.29) is 0 Å². The molecule has 0 saturated carbocycles. The monoisotopic (exact) mass is 255 g/mol. The Kier molecular flexibility index (Phi) is 3.56. The van der Waals surface area contributed by atoms with Gasteiger partial charge in [0.15, 0.2) is 0 Å². The van der Waals surface area contributed by atoms with Gasteiger partial charge < -0.3 is 10.3 Å². The van der Waals surface area contributed by atoms with Gasteiger partial charge in [0.1, 0.15) is 0 Å². The number of aromatic nitrogens is 4. The van der Waals surface area contributed by atoms with Gasteiger partial charge in [-0.3, -0.25) is 4.68 Å². The first kappa shape index (κ1) is 11.9. The third-order valence-corrected chi connectivity index (χ3v) is 3.21. The van der Waals surface area contributed by atoms with Gasteiger partial charge in [-0.15, -0.1) is 5.10 Å². The van der Waals surface area contributed by atoms with Gasteiger partial charge in [0, 0.05) is 36.4 Å². The summed E-state index contributed by atoms with van der Waals surface area (Å²) in [5.74, 6) is 0. The highest BCUT2D eigenvalue weighted by Crippen LogP contribution is 2.16. The Balaban J connectivity index is 1.48. The number of rotatable bonds is 6. The van der Waals surface area contributed by atoms with E-state index in [1.54, 1.807) is 6.20 Å². The van der Waals surface area contributed by atoms with Crippen LogP contribution in [0.15, 0.2) is 42.9 Å². The van der Waals surface area contributed by atoms with E-state index in [0.29, 0.717) is 0 Å². The van der Waals surface area contributed by atoms with Crippen molar-refractivity contribution in [3.05, 3.63) is 48.4 Å². The van der Waals surface area contributed by atoms with Crippen LogP contribution in [0.2, 0.25) is 0 Å². The van der Waals surface area contributed by atoms with Crippen LogP contribution in [-0.2, 0) is 13.1 Å². The Morgan fingerprint density at radius 2 is 2.26 bits per heavy atom. The number of nitrogens with one attached hydrogen (secondary N) is 2. The van der Waals surface area contributed by atoms with Gasteiger partial charge in [-0.05, 0) is 30.7 Å². The second kappa shape index (κ2) is 5.67. The number of aryl methyl sites for hydroxylation is 1. The number of aromatic amines is 1. The average Bonchev–Trinajstić information content (AvgIpc) is 3.09. The van der Waals surface area contributed by atoms with E-state index in [9.17, 15) is 0 Å². The van der Waals surface area contributed by atoms with Crippen LogP contribution in [-0.4, -0.2) is 26.5 Å². The topological polar surface area (TPSA) is 58.5 Å². The lowest BCUT2D eigenvalue weighted by Crippen LogP contribution is -2.16.